The second-order valence-corrected chi connectivity index (χ2v) is 4.94. The predicted octanol–water partition coefficient (Wildman–Crippen LogP) is 3.61. The summed E-state index contributed by atoms with van der Waals surface area (Å²) in [6, 6.07) is 18.1. The van der Waals surface area contributed by atoms with Gasteiger partial charge in [-0.15, -0.1) is 0 Å². The van der Waals surface area contributed by atoms with E-state index in [2.05, 4.69) is 30.4 Å². The molecule has 2 aromatic carbocycles. The van der Waals surface area contributed by atoms with Crippen molar-refractivity contribution >= 4 is 5.91 Å². The van der Waals surface area contributed by atoms with E-state index >= 15 is 0 Å². The molecule has 0 heterocycles. The van der Waals surface area contributed by atoms with Gasteiger partial charge < -0.3 is 5.32 Å². The average Bonchev–Trinajstić information content (AvgIpc) is 2.49. The van der Waals surface area contributed by atoms with Crippen LogP contribution in [0.15, 0.2) is 54.6 Å². The van der Waals surface area contributed by atoms with Crippen LogP contribution in [0.25, 0.3) is 0 Å². The molecule has 0 saturated heterocycles. The summed E-state index contributed by atoms with van der Waals surface area (Å²) in [4.78, 5) is 12.1. The number of carbonyl (C=O) groups is 1. The van der Waals surface area contributed by atoms with E-state index in [-0.39, 0.29) is 5.91 Å². The lowest BCUT2D eigenvalue weighted by Crippen LogP contribution is -2.25. The van der Waals surface area contributed by atoms with Crippen LogP contribution in [0.4, 0.5) is 0 Å². The Hall–Kier alpha value is -2.09. The highest BCUT2D eigenvalue weighted by molar-refractivity contribution is 5.94. The SMILES string of the molecule is CCCc1cccc(C(=O)NCCc2ccccc2)c1. The first-order valence-corrected chi connectivity index (χ1v) is 7.20. The minimum atomic E-state index is 0.0129. The van der Waals surface area contributed by atoms with Crippen LogP contribution in [0.5, 0.6) is 0 Å². The minimum Gasteiger partial charge on any atom is -0.352 e. The van der Waals surface area contributed by atoms with Gasteiger partial charge in [0.15, 0.2) is 0 Å². The van der Waals surface area contributed by atoms with Crippen LogP contribution in [-0.2, 0) is 12.8 Å². The first-order chi connectivity index (χ1) is 9.79. The highest BCUT2D eigenvalue weighted by Gasteiger charge is 2.05. The van der Waals surface area contributed by atoms with Crippen molar-refractivity contribution in [2.45, 2.75) is 26.2 Å². The van der Waals surface area contributed by atoms with Gasteiger partial charge in [-0.3, -0.25) is 4.79 Å². The van der Waals surface area contributed by atoms with E-state index in [1.165, 1.54) is 11.1 Å². The maximum atomic E-state index is 12.1. The molecule has 20 heavy (non-hydrogen) atoms. The zero-order chi connectivity index (χ0) is 14.2. The van der Waals surface area contributed by atoms with Crippen LogP contribution >= 0.6 is 0 Å². The summed E-state index contributed by atoms with van der Waals surface area (Å²) in [5, 5.41) is 2.98. The summed E-state index contributed by atoms with van der Waals surface area (Å²) in [6.07, 6.45) is 2.98. The van der Waals surface area contributed by atoms with Gasteiger partial charge in [0.25, 0.3) is 5.91 Å². The quantitative estimate of drug-likeness (QED) is 0.851. The molecule has 0 atom stereocenters. The third kappa shape index (κ3) is 4.23. The molecule has 2 heteroatoms. The maximum Gasteiger partial charge on any atom is 0.251 e. The molecule has 2 nitrogen and oxygen atoms in total. The van der Waals surface area contributed by atoms with E-state index in [0.717, 1.165) is 24.8 Å². The summed E-state index contributed by atoms with van der Waals surface area (Å²) in [6.45, 7) is 2.81. The summed E-state index contributed by atoms with van der Waals surface area (Å²) < 4.78 is 0. The Balaban J connectivity index is 1.87. The second kappa shape index (κ2) is 7.49. The Kier molecular flexibility index (Phi) is 5.36. The topological polar surface area (TPSA) is 29.1 Å². The van der Waals surface area contributed by atoms with Gasteiger partial charge in [0.1, 0.15) is 0 Å². The van der Waals surface area contributed by atoms with E-state index < -0.39 is 0 Å². The average molecular weight is 267 g/mol. The molecule has 0 aliphatic heterocycles. The fourth-order valence-electron chi connectivity index (χ4n) is 2.22. The van der Waals surface area contributed by atoms with Crippen LogP contribution in [0.3, 0.4) is 0 Å². The van der Waals surface area contributed by atoms with Crippen molar-refractivity contribution in [2.24, 2.45) is 0 Å². The van der Waals surface area contributed by atoms with E-state index in [4.69, 9.17) is 0 Å². The van der Waals surface area contributed by atoms with Crippen molar-refractivity contribution in [1.82, 2.24) is 5.32 Å². The van der Waals surface area contributed by atoms with Gasteiger partial charge >= 0.3 is 0 Å². The Morgan fingerprint density at radius 3 is 2.45 bits per heavy atom. The molecular formula is C18H21NO. The van der Waals surface area contributed by atoms with Gasteiger partial charge in [0.05, 0.1) is 0 Å². The lowest BCUT2D eigenvalue weighted by atomic mass is 10.1. The number of carbonyl (C=O) groups excluding carboxylic acids is 1. The predicted molar refractivity (Wildman–Crippen MR) is 82.9 cm³/mol. The number of hydrogen-bond acceptors (Lipinski definition) is 1. The van der Waals surface area contributed by atoms with Crippen molar-refractivity contribution in [2.75, 3.05) is 6.54 Å². The molecule has 0 bridgehead atoms. The van der Waals surface area contributed by atoms with Gasteiger partial charge in [-0.2, -0.15) is 0 Å². The molecule has 2 aromatic rings. The summed E-state index contributed by atoms with van der Waals surface area (Å²) >= 11 is 0. The van der Waals surface area contributed by atoms with Crippen molar-refractivity contribution in [1.29, 1.82) is 0 Å². The fraction of sp³-hybridized carbons (Fsp3) is 0.278. The van der Waals surface area contributed by atoms with E-state index in [9.17, 15) is 4.79 Å². The molecule has 104 valence electrons. The highest BCUT2D eigenvalue weighted by Crippen LogP contribution is 2.07. The molecule has 0 saturated carbocycles. The number of hydrogen-bond donors (Lipinski definition) is 1. The number of rotatable bonds is 6. The van der Waals surface area contributed by atoms with Gasteiger partial charge in [-0.05, 0) is 36.1 Å². The zero-order valence-electron chi connectivity index (χ0n) is 11.9. The summed E-state index contributed by atoms with van der Waals surface area (Å²) in [5.74, 6) is 0.0129. The molecule has 2 rings (SSSR count). The van der Waals surface area contributed by atoms with Gasteiger partial charge in [0, 0.05) is 12.1 Å². The minimum absolute atomic E-state index is 0.0129. The Morgan fingerprint density at radius 2 is 1.70 bits per heavy atom. The van der Waals surface area contributed by atoms with Gasteiger partial charge in [0.2, 0.25) is 0 Å². The smallest absolute Gasteiger partial charge is 0.251 e. The zero-order valence-corrected chi connectivity index (χ0v) is 11.9. The van der Waals surface area contributed by atoms with Gasteiger partial charge in [-0.1, -0.05) is 55.8 Å². The van der Waals surface area contributed by atoms with Gasteiger partial charge in [-0.25, -0.2) is 0 Å². The fourth-order valence-corrected chi connectivity index (χ4v) is 2.22. The molecule has 0 aromatic heterocycles. The largest absolute Gasteiger partial charge is 0.352 e. The van der Waals surface area contributed by atoms with Crippen LogP contribution in [-0.4, -0.2) is 12.5 Å². The Morgan fingerprint density at radius 1 is 0.950 bits per heavy atom. The molecule has 1 amide bonds. The van der Waals surface area contributed by atoms with E-state index in [0.29, 0.717) is 6.54 Å². The van der Waals surface area contributed by atoms with Crippen LogP contribution in [0.1, 0.15) is 34.8 Å². The first kappa shape index (κ1) is 14.3. The van der Waals surface area contributed by atoms with Crippen molar-refractivity contribution < 1.29 is 4.79 Å². The molecule has 1 N–H and O–H groups in total. The third-order valence-corrected chi connectivity index (χ3v) is 3.27. The lowest BCUT2D eigenvalue weighted by molar-refractivity contribution is 0.0954. The molecule has 0 radical (unpaired) electrons. The van der Waals surface area contributed by atoms with Crippen LogP contribution in [0, 0.1) is 0 Å². The maximum absolute atomic E-state index is 12.1. The van der Waals surface area contributed by atoms with Crippen molar-refractivity contribution in [3.8, 4) is 0 Å². The normalized spacial score (nSPS) is 10.2. The summed E-state index contributed by atoms with van der Waals surface area (Å²) in [7, 11) is 0. The second-order valence-electron chi connectivity index (χ2n) is 4.94. The highest BCUT2D eigenvalue weighted by atomic mass is 16.1. The number of benzene rings is 2. The monoisotopic (exact) mass is 267 g/mol. The molecular weight excluding hydrogens is 246 g/mol. The van der Waals surface area contributed by atoms with E-state index in [1.807, 2.05) is 36.4 Å². The number of aryl methyl sites for hydroxylation is 1. The first-order valence-electron chi connectivity index (χ1n) is 7.20. The molecule has 0 aliphatic carbocycles. The number of amides is 1. The third-order valence-electron chi connectivity index (χ3n) is 3.27. The lowest BCUT2D eigenvalue weighted by Gasteiger charge is -2.07. The molecule has 0 fully saturated rings. The summed E-state index contributed by atoms with van der Waals surface area (Å²) in [5.41, 5.74) is 3.22. The van der Waals surface area contributed by atoms with E-state index in [1.54, 1.807) is 0 Å². The Bertz CT molecular complexity index is 548. The standard InChI is InChI=1S/C18H21NO/c1-2-7-16-10-6-11-17(14-16)18(20)19-13-12-15-8-4-3-5-9-15/h3-6,8-11,14H,2,7,12-13H2,1H3,(H,19,20). The Labute approximate surface area is 120 Å². The molecule has 0 aliphatic rings. The van der Waals surface area contributed by atoms with Crippen LogP contribution in [0.2, 0.25) is 0 Å². The molecule has 0 unspecified atom stereocenters. The van der Waals surface area contributed by atoms with Crippen molar-refractivity contribution in [3.05, 3.63) is 71.3 Å². The van der Waals surface area contributed by atoms with Crippen molar-refractivity contribution in [3.63, 3.8) is 0 Å². The molecule has 0 spiro atoms. The number of nitrogens with one attached hydrogen (secondary N) is 1. The van der Waals surface area contributed by atoms with Crippen LogP contribution < -0.4 is 5.32 Å².